The Labute approximate surface area is 294 Å². The molecule has 5 saturated carbocycles. The third-order valence-electron chi connectivity index (χ3n) is 17.1. The lowest BCUT2D eigenvalue weighted by Crippen LogP contribution is -2.60. The van der Waals surface area contributed by atoms with E-state index in [1.165, 1.54) is 25.7 Å². The number of amides is 1. The number of aliphatic hydroxyl groups excluding tert-OH is 2. The molecule has 9 heteroatoms. The van der Waals surface area contributed by atoms with Crippen LogP contribution in [0.2, 0.25) is 0 Å². The fraction of sp³-hybridized carbons (Fsp3) is 0.975. The Bertz CT molecular complexity index is 1300. The van der Waals surface area contributed by atoms with Crippen LogP contribution in [-0.2, 0) is 19.0 Å². The highest BCUT2D eigenvalue weighted by Crippen LogP contribution is 2.89. The number of hydrogen-bond donors (Lipinski definition) is 3. The van der Waals surface area contributed by atoms with Crippen LogP contribution in [0.1, 0.15) is 113 Å². The number of rotatable bonds is 6. The summed E-state index contributed by atoms with van der Waals surface area (Å²) in [4.78, 5) is 17.4. The SMILES string of the molecule is C[C@@H]1C[C@H]([C@H](O)C(C)(C)O)O[C@H]2C1[C@@]1(C)CC[C@@]34CC35CCC(OC3CN(C(=O)CN6CCCC6)CCO3)C(C)(C)[C@@H]5CC[C@H]4[C@]1(C)[C@H]2O. The molecule has 14 atom stereocenters. The van der Waals surface area contributed by atoms with Gasteiger partial charge in [-0.25, -0.2) is 0 Å². The lowest BCUT2D eigenvalue weighted by atomic mass is 9.41. The molecule has 0 aromatic carbocycles. The first kappa shape index (κ1) is 35.2. The number of aliphatic hydroxyl groups is 3. The average molecular weight is 687 g/mol. The fourth-order valence-corrected chi connectivity index (χ4v) is 14.6. The first-order valence-corrected chi connectivity index (χ1v) is 20.0. The predicted molar refractivity (Wildman–Crippen MR) is 185 cm³/mol. The summed E-state index contributed by atoms with van der Waals surface area (Å²) in [5.41, 5.74) is -1.05. The van der Waals surface area contributed by atoms with Crippen LogP contribution in [0.5, 0.6) is 0 Å². The zero-order valence-corrected chi connectivity index (χ0v) is 31.5. The van der Waals surface area contributed by atoms with Crippen molar-refractivity contribution >= 4 is 5.91 Å². The van der Waals surface area contributed by atoms with Crippen molar-refractivity contribution in [2.75, 3.05) is 39.3 Å². The van der Waals surface area contributed by atoms with Gasteiger partial charge in [0.15, 0.2) is 6.29 Å². The highest BCUT2D eigenvalue weighted by Gasteiger charge is 2.84. The van der Waals surface area contributed by atoms with E-state index in [2.05, 4.69) is 39.5 Å². The minimum Gasteiger partial charge on any atom is -0.390 e. The molecule has 2 spiro atoms. The number of ether oxygens (including phenoxy) is 3. The van der Waals surface area contributed by atoms with Gasteiger partial charge in [-0.1, -0.05) is 34.6 Å². The van der Waals surface area contributed by atoms with E-state index in [-0.39, 0.29) is 57.4 Å². The van der Waals surface area contributed by atoms with E-state index in [9.17, 15) is 20.1 Å². The summed E-state index contributed by atoms with van der Waals surface area (Å²) in [6, 6.07) is 0. The van der Waals surface area contributed by atoms with Gasteiger partial charge in [0, 0.05) is 12.0 Å². The van der Waals surface area contributed by atoms with E-state index < -0.39 is 23.9 Å². The summed E-state index contributed by atoms with van der Waals surface area (Å²) in [5.74, 6) is 1.73. The van der Waals surface area contributed by atoms with Crippen molar-refractivity contribution in [1.82, 2.24) is 9.80 Å². The molecule has 8 fully saturated rings. The van der Waals surface area contributed by atoms with Crippen LogP contribution in [0.25, 0.3) is 0 Å². The summed E-state index contributed by atoms with van der Waals surface area (Å²) in [7, 11) is 0. The summed E-state index contributed by atoms with van der Waals surface area (Å²) in [6.07, 6.45) is 8.46. The summed E-state index contributed by atoms with van der Waals surface area (Å²) in [5, 5.41) is 34.2. The van der Waals surface area contributed by atoms with Crippen LogP contribution in [0.3, 0.4) is 0 Å². The molecule has 0 radical (unpaired) electrons. The first-order chi connectivity index (χ1) is 23.0. The maximum Gasteiger partial charge on any atom is 0.237 e. The smallest absolute Gasteiger partial charge is 0.237 e. The van der Waals surface area contributed by atoms with Crippen LogP contribution >= 0.6 is 0 Å². The summed E-state index contributed by atoms with van der Waals surface area (Å²) >= 11 is 0. The minimum absolute atomic E-state index is 0.0140. The molecular formula is C40H66N2O7. The first-order valence-electron chi connectivity index (χ1n) is 20.0. The van der Waals surface area contributed by atoms with Crippen molar-refractivity contribution in [2.24, 2.45) is 50.7 Å². The number of carbonyl (C=O) groups is 1. The molecule has 3 heterocycles. The second-order valence-electron chi connectivity index (χ2n) is 19.9. The van der Waals surface area contributed by atoms with Crippen LogP contribution in [0.15, 0.2) is 0 Å². The number of morpholine rings is 1. The van der Waals surface area contributed by atoms with Gasteiger partial charge >= 0.3 is 0 Å². The predicted octanol–water partition coefficient (Wildman–Crippen LogP) is 4.60. The Morgan fingerprint density at radius 2 is 1.69 bits per heavy atom. The average Bonchev–Trinajstić information content (AvgIpc) is 3.33. The van der Waals surface area contributed by atoms with Crippen LogP contribution in [-0.4, -0.2) is 113 Å². The van der Waals surface area contributed by atoms with Gasteiger partial charge in [0.2, 0.25) is 5.91 Å². The highest BCUT2D eigenvalue weighted by molar-refractivity contribution is 5.78. The maximum absolute atomic E-state index is 13.2. The molecule has 0 aromatic rings. The Morgan fingerprint density at radius 1 is 1.00 bits per heavy atom. The van der Waals surface area contributed by atoms with Gasteiger partial charge in [-0.2, -0.15) is 0 Å². The monoisotopic (exact) mass is 686 g/mol. The molecule has 0 bridgehead atoms. The summed E-state index contributed by atoms with van der Waals surface area (Å²) < 4.78 is 19.7. The Balaban J connectivity index is 0.985. The molecule has 49 heavy (non-hydrogen) atoms. The van der Waals surface area contributed by atoms with Gasteiger partial charge in [-0.05, 0) is 136 Å². The number of nitrogens with zero attached hydrogens (tertiary/aromatic N) is 2. The quantitative estimate of drug-likeness (QED) is 0.372. The molecule has 8 aliphatic rings. The van der Waals surface area contributed by atoms with Crippen molar-refractivity contribution < 1.29 is 34.3 Å². The van der Waals surface area contributed by atoms with Crippen LogP contribution < -0.4 is 0 Å². The number of fused-ring (bicyclic) bond motifs is 4. The normalized spacial score (nSPS) is 51.2. The molecule has 3 saturated heterocycles. The zero-order chi connectivity index (χ0) is 34.9. The summed E-state index contributed by atoms with van der Waals surface area (Å²) in [6.45, 7) is 19.6. The molecule has 0 aromatic heterocycles. The molecule has 3 N–H and O–H groups in total. The largest absolute Gasteiger partial charge is 0.390 e. The maximum atomic E-state index is 13.2. The van der Waals surface area contributed by atoms with E-state index in [0.717, 1.165) is 45.2 Å². The van der Waals surface area contributed by atoms with E-state index in [1.54, 1.807) is 13.8 Å². The van der Waals surface area contributed by atoms with Crippen molar-refractivity contribution in [3.63, 3.8) is 0 Å². The molecule has 278 valence electrons. The Morgan fingerprint density at radius 3 is 2.41 bits per heavy atom. The molecular weight excluding hydrogens is 620 g/mol. The van der Waals surface area contributed by atoms with Crippen molar-refractivity contribution in [3.05, 3.63) is 0 Å². The second kappa shape index (κ2) is 11.6. The third kappa shape index (κ3) is 4.90. The molecule has 4 unspecified atom stereocenters. The highest BCUT2D eigenvalue weighted by atomic mass is 16.7. The van der Waals surface area contributed by atoms with E-state index >= 15 is 0 Å². The Hall–Kier alpha value is -0.810. The standard InChI is InChI=1S/C40H66N2O7/c1-24-20-25(33(44)36(4,5)46)48-32-31(24)37(6)14-15-40-23-39(40)13-12-28(35(2,3)26(39)10-11-27(40)38(37,7)34(32)45)49-30-22-42(18-19-47-30)29(43)21-41-16-8-9-17-41/h24-28,30-34,44-46H,8-23H2,1-7H3/t24-,25-,26+,27+,28?,30?,31?,32+,33+,34+,37-,38-,39?,40+/m1/s1. The molecule has 1 amide bonds. The van der Waals surface area contributed by atoms with Crippen molar-refractivity contribution in [3.8, 4) is 0 Å². The molecule has 3 aliphatic heterocycles. The lowest BCUT2D eigenvalue weighted by molar-refractivity contribution is -0.248. The van der Waals surface area contributed by atoms with Gasteiger partial charge in [0.25, 0.3) is 0 Å². The third-order valence-corrected chi connectivity index (χ3v) is 17.1. The minimum atomic E-state index is -1.26. The van der Waals surface area contributed by atoms with E-state index in [4.69, 9.17) is 14.2 Å². The van der Waals surface area contributed by atoms with Gasteiger partial charge in [0.1, 0.15) is 6.10 Å². The number of carbonyl (C=O) groups excluding carboxylic acids is 1. The lowest BCUT2D eigenvalue weighted by Gasteiger charge is -2.64. The molecule has 9 nitrogen and oxygen atoms in total. The van der Waals surface area contributed by atoms with Crippen LogP contribution in [0.4, 0.5) is 0 Å². The van der Waals surface area contributed by atoms with Gasteiger partial charge < -0.3 is 34.4 Å². The molecule has 5 aliphatic carbocycles. The van der Waals surface area contributed by atoms with Crippen molar-refractivity contribution in [1.29, 1.82) is 0 Å². The van der Waals surface area contributed by atoms with Crippen molar-refractivity contribution in [2.45, 2.75) is 155 Å². The molecule has 8 rings (SSSR count). The van der Waals surface area contributed by atoms with E-state index in [0.29, 0.717) is 50.4 Å². The Kier molecular flexibility index (Phi) is 8.34. The number of likely N-dealkylation sites (tertiary alicyclic amines) is 1. The van der Waals surface area contributed by atoms with Gasteiger partial charge in [-0.3, -0.25) is 9.69 Å². The van der Waals surface area contributed by atoms with E-state index in [1.807, 2.05) is 4.90 Å². The van der Waals surface area contributed by atoms with Gasteiger partial charge in [0.05, 0.1) is 49.7 Å². The zero-order valence-electron chi connectivity index (χ0n) is 31.5. The van der Waals surface area contributed by atoms with Crippen LogP contribution in [0, 0.1) is 50.7 Å². The number of hydrogen-bond acceptors (Lipinski definition) is 8. The topological polar surface area (TPSA) is 112 Å². The van der Waals surface area contributed by atoms with Gasteiger partial charge in [-0.15, -0.1) is 0 Å². The second-order valence-corrected chi connectivity index (χ2v) is 19.9. The fourth-order valence-electron chi connectivity index (χ4n) is 14.6.